The Morgan fingerprint density at radius 2 is 1.58 bits per heavy atom. The van der Waals surface area contributed by atoms with E-state index in [2.05, 4.69) is 11.0 Å². The van der Waals surface area contributed by atoms with Crippen LogP contribution in [0.25, 0.3) is 0 Å². The van der Waals surface area contributed by atoms with Crippen molar-refractivity contribution < 1.29 is 29.3 Å². The molecule has 4 N–H and O–H groups in total. The lowest BCUT2D eigenvalue weighted by molar-refractivity contribution is -0.134. The first-order valence-corrected chi connectivity index (χ1v) is 10.2. The number of carbonyl (C=O) groups excluding carboxylic acids is 2. The minimum absolute atomic E-state index is 0.182. The lowest BCUT2D eigenvalue weighted by Crippen LogP contribution is -2.29. The Hall–Kier alpha value is -2.72. The Morgan fingerprint density at radius 1 is 0.903 bits per heavy atom. The van der Waals surface area contributed by atoms with E-state index < -0.39 is 7.12 Å². The predicted octanol–water partition coefficient (Wildman–Crippen LogP) is 1.45. The summed E-state index contributed by atoms with van der Waals surface area (Å²) in [7, 11) is -1.51. The van der Waals surface area contributed by atoms with Crippen LogP contribution in [-0.2, 0) is 21.1 Å². The van der Waals surface area contributed by atoms with Gasteiger partial charge in [-0.2, -0.15) is 0 Å². The molecule has 0 radical (unpaired) electrons. The highest BCUT2D eigenvalue weighted by molar-refractivity contribution is 6.58. The van der Waals surface area contributed by atoms with Crippen molar-refractivity contribution in [2.24, 2.45) is 0 Å². The molecule has 9 heteroatoms. The summed E-state index contributed by atoms with van der Waals surface area (Å²) in [6.07, 6.45) is 2.49. The molecule has 0 atom stereocenters. The van der Waals surface area contributed by atoms with E-state index in [-0.39, 0.29) is 18.4 Å². The summed E-state index contributed by atoms with van der Waals surface area (Å²) >= 11 is 0. The van der Waals surface area contributed by atoms with Crippen LogP contribution in [0, 0.1) is 13.8 Å². The molecule has 0 aromatic heterocycles. The molecule has 2 aromatic carbocycles. The first-order chi connectivity index (χ1) is 14.8. The van der Waals surface area contributed by atoms with Gasteiger partial charge in [-0.15, -0.1) is 0 Å². The average molecular weight is 428 g/mol. The summed E-state index contributed by atoms with van der Waals surface area (Å²) in [5.41, 5.74) is 8.62. The van der Waals surface area contributed by atoms with E-state index in [1.54, 1.807) is 36.4 Å². The molecular weight excluding hydrogens is 399 g/mol. The molecule has 166 valence electrons. The Kier molecular flexibility index (Phi) is 10.2. The van der Waals surface area contributed by atoms with Gasteiger partial charge in [-0.25, -0.2) is 11.0 Å². The van der Waals surface area contributed by atoms with Crippen LogP contribution in [0.3, 0.4) is 0 Å². The van der Waals surface area contributed by atoms with Crippen LogP contribution < -0.4 is 16.4 Å². The van der Waals surface area contributed by atoms with E-state index in [1.165, 1.54) is 0 Å². The Labute approximate surface area is 182 Å². The largest absolute Gasteiger partial charge is 0.488 e. The SMILES string of the molecule is Cc1cc(C)cc(C(=O)NOCCCCCC(=O)NOCc2ccc(B(O)O)cc2)c1. The number of hydrogen-bond donors (Lipinski definition) is 4. The molecule has 0 saturated carbocycles. The second kappa shape index (κ2) is 12.9. The van der Waals surface area contributed by atoms with E-state index in [0.29, 0.717) is 36.9 Å². The summed E-state index contributed by atoms with van der Waals surface area (Å²) in [5, 5.41) is 18.1. The van der Waals surface area contributed by atoms with Crippen molar-refractivity contribution in [1.29, 1.82) is 0 Å². The summed E-state index contributed by atoms with van der Waals surface area (Å²) in [6, 6.07) is 12.2. The van der Waals surface area contributed by atoms with Crippen LogP contribution in [0.15, 0.2) is 42.5 Å². The van der Waals surface area contributed by atoms with Gasteiger partial charge in [0.05, 0.1) is 13.2 Å². The molecule has 2 amide bonds. The van der Waals surface area contributed by atoms with Crippen LogP contribution in [0.5, 0.6) is 0 Å². The molecule has 0 heterocycles. The summed E-state index contributed by atoms with van der Waals surface area (Å²) in [5.74, 6) is -0.489. The van der Waals surface area contributed by atoms with Crippen molar-refractivity contribution in [3.63, 3.8) is 0 Å². The molecule has 0 spiro atoms. The lowest BCUT2D eigenvalue weighted by Gasteiger charge is -2.08. The van der Waals surface area contributed by atoms with Gasteiger partial charge in [-0.1, -0.05) is 47.9 Å². The molecule has 0 unspecified atom stereocenters. The van der Waals surface area contributed by atoms with Gasteiger partial charge >= 0.3 is 7.12 Å². The first-order valence-electron chi connectivity index (χ1n) is 10.2. The number of unbranched alkanes of at least 4 members (excludes halogenated alkanes) is 2. The topological polar surface area (TPSA) is 117 Å². The normalized spacial score (nSPS) is 10.6. The van der Waals surface area contributed by atoms with Crippen molar-refractivity contribution in [2.45, 2.75) is 46.1 Å². The van der Waals surface area contributed by atoms with Crippen LogP contribution in [0.2, 0.25) is 0 Å². The quantitative estimate of drug-likeness (QED) is 0.231. The highest BCUT2D eigenvalue weighted by atomic mass is 16.7. The minimum atomic E-state index is -1.51. The van der Waals surface area contributed by atoms with Gasteiger partial charge in [0.2, 0.25) is 5.91 Å². The number of carbonyl (C=O) groups is 2. The van der Waals surface area contributed by atoms with E-state index in [1.807, 2.05) is 19.9 Å². The Balaban J connectivity index is 1.50. The van der Waals surface area contributed by atoms with Crippen molar-refractivity contribution in [3.8, 4) is 0 Å². The number of hydrogen-bond acceptors (Lipinski definition) is 6. The van der Waals surface area contributed by atoms with Gasteiger partial charge in [0, 0.05) is 12.0 Å². The maximum atomic E-state index is 12.1. The third kappa shape index (κ3) is 9.31. The molecular formula is C22H29BN2O6. The monoisotopic (exact) mass is 428 g/mol. The van der Waals surface area contributed by atoms with Crippen LogP contribution in [0.1, 0.15) is 52.7 Å². The van der Waals surface area contributed by atoms with Gasteiger partial charge in [0.1, 0.15) is 0 Å². The number of amides is 2. The summed E-state index contributed by atoms with van der Waals surface area (Å²) < 4.78 is 0. The second-order valence-corrected chi connectivity index (χ2v) is 7.40. The van der Waals surface area contributed by atoms with Gasteiger partial charge < -0.3 is 10.0 Å². The zero-order valence-electron chi connectivity index (χ0n) is 17.9. The van der Waals surface area contributed by atoms with Gasteiger partial charge in [0.25, 0.3) is 5.91 Å². The fraction of sp³-hybridized carbons (Fsp3) is 0.364. The third-order valence-corrected chi connectivity index (χ3v) is 4.50. The van der Waals surface area contributed by atoms with Crippen molar-refractivity contribution in [2.75, 3.05) is 6.61 Å². The third-order valence-electron chi connectivity index (χ3n) is 4.50. The van der Waals surface area contributed by atoms with Crippen molar-refractivity contribution in [1.82, 2.24) is 11.0 Å². The second-order valence-electron chi connectivity index (χ2n) is 7.40. The molecule has 0 saturated heterocycles. The van der Waals surface area contributed by atoms with Crippen molar-refractivity contribution >= 4 is 24.4 Å². The first kappa shape index (κ1) is 24.6. The molecule has 0 aliphatic heterocycles. The fourth-order valence-electron chi connectivity index (χ4n) is 2.95. The highest BCUT2D eigenvalue weighted by Crippen LogP contribution is 2.09. The van der Waals surface area contributed by atoms with E-state index in [4.69, 9.17) is 19.7 Å². The maximum absolute atomic E-state index is 12.1. The number of benzene rings is 2. The number of nitrogens with one attached hydrogen (secondary N) is 2. The Bertz CT molecular complexity index is 837. The van der Waals surface area contributed by atoms with E-state index >= 15 is 0 Å². The summed E-state index contributed by atoms with van der Waals surface area (Å²) in [6.45, 7) is 4.43. The number of hydroxylamine groups is 2. The van der Waals surface area contributed by atoms with E-state index in [9.17, 15) is 9.59 Å². The number of aryl methyl sites for hydroxylation is 2. The van der Waals surface area contributed by atoms with E-state index in [0.717, 1.165) is 23.1 Å². The molecule has 31 heavy (non-hydrogen) atoms. The molecule has 2 rings (SSSR count). The molecule has 0 bridgehead atoms. The minimum Gasteiger partial charge on any atom is -0.423 e. The van der Waals surface area contributed by atoms with Crippen LogP contribution in [0.4, 0.5) is 0 Å². The van der Waals surface area contributed by atoms with Crippen LogP contribution >= 0.6 is 0 Å². The van der Waals surface area contributed by atoms with Gasteiger partial charge in [-0.3, -0.25) is 19.3 Å². The van der Waals surface area contributed by atoms with Crippen LogP contribution in [-0.4, -0.2) is 35.6 Å². The Morgan fingerprint density at radius 3 is 2.23 bits per heavy atom. The number of rotatable bonds is 12. The standard InChI is InChI=1S/C22H29BN2O6/c1-16-12-17(2)14-19(13-16)22(27)25-30-11-5-3-4-6-21(26)24-31-15-18-7-9-20(10-8-18)23(28)29/h7-10,12-14,28-29H,3-6,11,15H2,1-2H3,(H,24,26)(H,25,27). The molecule has 0 aliphatic carbocycles. The molecule has 0 aliphatic rings. The zero-order valence-corrected chi connectivity index (χ0v) is 17.9. The maximum Gasteiger partial charge on any atom is 0.488 e. The van der Waals surface area contributed by atoms with Gasteiger partial charge in [-0.05, 0) is 49.8 Å². The zero-order chi connectivity index (χ0) is 22.6. The predicted molar refractivity (Wildman–Crippen MR) is 117 cm³/mol. The summed E-state index contributed by atoms with van der Waals surface area (Å²) in [4.78, 5) is 34.2. The molecule has 0 fully saturated rings. The smallest absolute Gasteiger partial charge is 0.423 e. The molecule has 8 nitrogen and oxygen atoms in total. The highest BCUT2D eigenvalue weighted by Gasteiger charge is 2.10. The van der Waals surface area contributed by atoms with Crippen molar-refractivity contribution in [3.05, 3.63) is 64.7 Å². The lowest BCUT2D eigenvalue weighted by atomic mass is 9.80. The fourth-order valence-corrected chi connectivity index (χ4v) is 2.95. The average Bonchev–Trinajstić information content (AvgIpc) is 2.72. The van der Waals surface area contributed by atoms with Gasteiger partial charge in [0.15, 0.2) is 0 Å². The molecule has 2 aromatic rings.